The lowest BCUT2D eigenvalue weighted by Crippen LogP contribution is -2.41. The van der Waals surface area contributed by atoms with E-state index in [4.69, 9.17) is 21.1 Å². The predicted octanol–water partition coefficient (Wildman–Crippen LogP) is 2.75. The predicted molar refractivity (Wildman–Crippen MR) is 89.2 cm³/mol. The Morgan fingerprint density at radius 1 is 1.33 bits per heavy atom. The highest BCUT2D eigenvalue weighted by Crippen LogP contribution is 2.24. The lowest BCUT2D eigenvalue weighted by Gasteiger charge is -2.24. The van der Waals surface area contributed by atoms with Crippen LogP contribution in [-0.4, -0.2) is 25.1 Å². The van der Waals surface area contributed by atoms with Gasteiger partial charge in [0.2, 0.25) is 0 Å². The maximum absolute atomic E-state index is 12.3. The van der Waals surface area contributed by atoms with E-state index in [0.717, 1.165) is 11.1 Å². The van der Waals surface area contributed by atoms with Crippen LogP contribution in [0.25, 0.3) is 0 Å². The molecular formula is C18H16ClNO4. The van der Waals surface area contributed by atoms with Gasteiger partial charge in [-0.1, -0.05) is 35.9 Å². The number of fused-ring (bicyclic) bond motifs is 1. The molecule has 1 aliphatic rings. The molecule has 24 heavy (non-hydrogen) atoms. The standard InChI is InChI=1S/C18H16ClNO4/c1-23-15-5-3-2-4-12(15)10-20-17(21)16-8-11-6-7-13(19)9-14(11)18(22)24-16/h2-7,9,16H,8,10H2,1H3,(H,20,21)/t16-/m1/s1. The highest BCUT2D eigenvalue weighted by Gasteiger charge is 2.31. The van der Waals surface area contributed by atoms with Gasteiger partial charge in [0.15, 0.2) is 6.10 Å². The highest BCUT2D eigenvalue weighted by molar-refractivity contribution is 6.31. The average molecular weight is 346 g/mol. The Balaban J connectivity index is 1.68. The van der Waals surface area contributed by atoms with Gasteiger partial charge in [-0.15, -0.1) is 0 Å². The van der Waals surface area contributed by atoms with E-state index in [0.29, 0.717) is 29.3 Å². The lowest BCUT2D eigenvalue weighted by atomic mass is 9.98. The minimum Gasteiger partial charge on any atom is -0.496 e. The van der Waals surface area contributed by atoms with Crippen molar-refractivity contribution < 1.29 is 19.1 Å². The number of hydrogen-bond donors (Lipinski definition) is 1. The molecule has 2 aromatic carbocycles. The number of benzene rings is 2. The number of rotatable bonds is 4. The first-order valence-corrected chi connectivity index (χ1v) is 7.85. The number of halogens is 1. The van der Waals surface area contributed by atoms with E-state index in [9.17, 15) is 9.59 Å². The monoisotopic (exact) mass is 345 g/mol. The maximum atomic E-state index is 12.3. The summed E-state index contributed by atoms with van der Waals surface area (Å²) < 4.78 is 10.5. The first-order valence-electron chi connectivity index (χ1n) is 7.47. The van der Waals surface area contributed by atoms with Crippen LogP contribution >= 0.6 is 11.6 Å². The number of carbonyl (C=O) groups is 2. The second kappa shape index (κ2) is 6.93. The van der Waals surface area contributed by atoms with Crippen molar-refractivity contribution in [2.75, 3.05) is 7.11 Å². The van der Waals surface area contributed by atoms with Crippen LogP contribution in [0.2, 0.25) is 5.02 Å². The number of carbonyl (C=O) groups excluding carboxylic acids is 2. The van der Waals surface area contributed by atoms with Crippen molar-refractivity contribution in [2.24, 2.45) is 0 Å². The number of cyclic esters (lactones) is 1. The molecule has 1 atom stereocenters. The topological polar surface area (TPSA) is 64.6 Å². The summed E-state index contributed by atoms with van der Waals surface area (Å²) in [5.74, 6) is -0.176. The van der Waals surface area contributed by atoms with Gasteiger partial charge in [-0.25, -0.2) is 4.79 Å². The Morgan fingerprint density at radius 3 is 2.92 bits per heavy atom. The highest BCUT2D eigenvalue weighted by atomic mass is 35.5. The summed E-state index contributed by atoms with van der Waals surface area (Å²) in [6.45, 7) is 0.296. The Labute approximate surface area is 144 Å². The minimum atomic E-state index is -0.846. The first kappa shape index (κ1) is 16.3. The molecule has 124 valence electrons. The van der Waals surface area contributed by atoms with Gasteiger partial charge in [0.25, 0.3) is 5.91 Å². The third kappa shape index (κ3) is 3.36. The van der Waals surface area contributed by atoms with Crippen molar-refractivity contribution in [1.82, 2.24) is 5.32 Å². The number of amides is 1. The summed E-state index contributed by atoms with van der Waals surface area (Å²) in [5.41, 5.74) is 2.02. The van der Waals surface area contributed by atoms with Crippen molar-refractivity contribution in [3.8, 4) is 5.75 Å². The second-order valence-corrected chi connectivity index (χ2v) is 5.87. The molecule has 1 amide bonds. The van der Waals surface area contributed by atoms with E-state index in [-0.39, 0.29) is 5.91 Å². The molecule has 0 aliphatic carbocycles. The SMILES string of the molecule is COc1ccccc1CNC(=O)[C@H]1Cc2ccc(Cl)cc2C(=O)O1. The summed E-state index contributed by atoms with van der Waals surface area (Å²) in [6.07, 6.45) is -0.517. The van der Waals surface area contributed by atoms with Crippen LogP contribution in [0, 0.1) is 0 Å². The molecular weight excluding hydrogens is 330 g/mol. The molecule has 5 nitrogen and oxygen atoms in total. The number of hydrogen-bond acceptors (Lipinski definition) is 4. The molecule has 0 aromatic heterocycles. The Hall–Kier alpha value is -2.53. The summed E-state index contributed by atoms with van der Waals surface area (Å²) >= 11 is 5.89. The van der Waals surface area contributed by atoms with Gasteiger partial charge < -0.3 is 14.8 Å². The van der Waals surface area contributed by atoms with Gasteiger partial charge in [-0.05, 0) is 23.8 Å². The fraction of sp³-hybridized carbons (Fsp3) is 0.222. The van der Waals surface area contributed by atoms with Crippen LogP contribution in [0.15, 0.2) is 42.5 Å². The van der Waals surface area contributed by atoms with Crippen LogP contribution in [0.5, 0.6) is 5.75 Å². The molecule has 0 fully saturated rings. The summed E-state index contributed by atoms with van der Waals surface area (Å²) in [4.78, 5) is 24.4. The fourth-order valence-corrected chi connectivity index (χ4v) is 2.81. The smallest absolute Gasteiger partial charge is 0.339 e. The Bertz CT molecular complexity index is 790. The number of ether oxygens (including phenoxy) is 2. The molecule has 3 rings (SSSR count). The zero-order valence-corrected chi connectivity index (χ0v) is 13.8. The quantitative estimate of drug-likeness (QED) is 0.865. The van der Waals surface area contributed by atoms with E-state index in [1.807, 2.05) is 24.3 Å². The fourth-order valence-electron chi connectivity index (χ4n) is 2.64. The third-order valence-corrected chi connectivity index (χ3v) is 4.12. The van der Waals surface area contributed by atoms with Crippen molar-refractivity contribution in [2.45, 2.75) is 19.1 Å². The molecule has 1 aliphatic heterocycles. The van der Waals surface area contributed by atoms with E-state index in [1.165, 1.54) is 0 Å². The van der Waals surface area contributed by atoms with Crippen molar-refractivity contribution in [3.05, 3.63) is 64.2 Å². The molecule has 0 saturated carbocycles. The van der Waals surface area contributed by atoms with E-state index >= 15 is 0 Å². The number of para-hydroxylation sites is 1. The van der Waals surface area contributed by atoms with Crippen LogP contribution in [0.4, 0.5) is 0 Å². The van der Waals surface area contributed by atoms with Crippen LogP contribution in [0.1, 0.15) is 21.5 Å². The third-order valence-electron chi connectivity index (χ3n) is 3.88. The van der Waals surface area contributed by atoms with Gasteiger partial charge in [0, 0.05) is 23.6 Å². The van der Waals surface area contributed by atoms with Gasteiger partial charge in [0.05, 0.1) is 12.7 Å². The largest absolute Gasteiger partial charge is 0.496 e. The second-order valence-electron chi connectivity index (χ2n) is 5.43. The zero-order chi connectivity index (χ0) is 17.1. The number of nitrogens with one attached hydrogen (secondary N) is 1. The molecule has 0 spiro atoms. The van der Waals surface area contributed by atoms with Gasteiger partial charge >= 0.3 is 5.97 Å². The van der Waals surface area contributed by atoms with Crippen LogP contribution in [0.3, 0.4) is 0 Å². The maximum Gasteiger partial charge on any atom is 0.339 e. The molecule has 1 heterocycles. The Kier molecular flexibility index (Phi) is 4.71. The first-order chi connectivity index (χ1) is 11.6. The van der Waals surface area contributed by atoms with E-state index < -0.39 is 12.1 Å². The summed E-state index contributed by atoms with van der Waals surface area (Å²) in [6, 6.07) is 12.4. The van der Waals surface area contributed by atoms with E-state index in [1.54, 1.807) is 25.3 Å². The van der Waals surface area contributed by atoms with Gasteiger partial charge in [0.1, 0.15) is 5.75 Å². The molecule has 0 saturated heterocycles. The zero-order valence-electron chi connectivity index (χ0n) is 13.0. The van der Waals surface area contributed by atoms with Crippen LogP contribution < -0.4 is 10.1 Å². The van der Waals surface area contributed by atoms with Gasteiger partial charge in [-0.2, -0.15) is 0 Å². The molecule has 0 bridgehead atoms. The molecule has 0 unspecified atom stereocenters. The van der Waals surface area contributed by atoms with Crippen molar-refractivity contribution in [3.63, 3.8) is 0 Å². The minimum absolute atomic E-state index is 0.296. The van der Waals surface area contributed by atoms with Crippen molar-refractivity contribution >= 4 is 23.5 Å². The van der Waals surface area contributed by atoms with Crippen molar-refractivity contribution in [1.29, 1.82) is 0 Å². The summed E-state index contributed by atoms with van der Waals surface area (Å²) in [5, 5.41) is 3.25. The van der Waals surface area contributed by atoms with Gasteiger partial charge in [-0.3, -0.25) is 4.79 Å². The normalized spacial score (nSPS) is 16.1. The number of methoxy groups -OCH3 is 1. The Morgan fingerprint density at radius 2 is 2.12 bits per heavy atom. The molecule has 1 N–H and O–H groups in total. The molecule has 0 radical (unpaired) electrons. The molecule has 6 heteroatoms. The average Bonchev–Trinajstić information content (AvgIpc) is 2.60. The van der Waals surface area contributed by atoms with Crippen LogP contribution in [-0.2, 0) is 22.5 Å². The summed E-state index contributed by atoms with van der Waals surface area (Å²) in [7, 11) is 1.58. The molecule has 2 aromatic rings. The lowest BCUT2D eigenvalue weighted by molar-refractivity contribution is -0.130. The van der Waals surface area contributed by atoms with E-state index in [2.05, 4.69) is 5.32 Å². The number of esters is 1.